The van der Waals surface area contributed by atoms with Crippen LogP contribution in [0.3, 0.4) is 0 Å². The highest BCUT2D eigenvalue weighted by molar-refractivity contribution is 8.26. The SMILES string of the molecule is O=C1NC(=O)C(Sc2nc3cc(Cl)ccc3s2)S1. The summed E-state index contributed by atoms with van der Waals surface area (Å²) in [6.07, 6.45) is 0. The van der Waals surface area contributed by atoms with Gasteiger partial charge in [0.2, 0.25) is 0 Å². The minimum absolute atomic E-state index is 0.271. The molecule has 1 unspecified atom stereocenters. The highest BCUT2D eigenvalue weighted by Crippen LogP contribution is 2.38. The summed E-state index contributed by atoms with van der Waals surface area (Å²) in [5.74, 6) is -0.271. The van der Waals surface area contributed by atoms with Crippen molar-refractivity contribution in [1.29, 1.82) is 0 Å². The molecule has 92 valence electrons. The van der Waals surface area contributed by atoms with Crippen molar-refractivity contribution in [3.05, 3.63) is 23.2 Å². The van der Waals surface area contributed by atoms with E-state index >= 15 is 0 Å². The molecule has 2 aromatic rings. The molecule has 1 atom stereocenters. The number of nitrogens with one attached hydrogen (secondary N) is 1. The lowest BCUT2D eigenvalue weighted by atomic mass is 10.3. The van der Waals surface area contributed by atoms with E-state index in [1.54, 1.807) is 12.1 Å². The van der Waals surface area contributed by atoms with Gasteiger partial charge < -0.3 is 0 Å². The van der Waals surface area contributed by atoms with E-state index in [0.717, 1.165) is 26.3 Å². The van der Waals surface area contributed by atoms with Gasteiger partial charge in [0.1, 0.15) is 4.58 Å². The zero-order chi connectivity index (χ0) is 12.7. The van der Waals surface area contributed by atoms with E-state index in [4.69, 9.17) is 11.6 Å². The van der Waals surface area contributed by atoms with Crippen molar-refractivity contribution in [3.63, 3.8) is 0 Å². The molecule has 0 radical (unpaired) electrons. The van der Waals surface area contributed by atoms with Gasteiger partial charge in [-0.05, 0) is 30.0 Å². The Morgan fingerprint density at radius 2 is 2.22 bits per heavy atom. The molecule has 18 heavy (non-hydrogen) atoms. The van der Waals surface area contributed by atoms with Crippen molar-refractivity contribution >= 4 is 67.8 Å². The number of hydrogen-bond donors (Lipinski definition) is 1. The van der Waals surface area contributed by atoms with Gasteiger partial charge in [0.25, 0.3) is 11.1 Å². The van der Waals surface area contributed by atoms with Crippen LogP contribution in [-0.2, 0) is 4.79 Å². The van der Waals surface area contributed by atoms with Crippen LogP contribution in [-0.4, -0.2) is 20.7 Å². The second kappa shape index (κ2) is 4.73. The van der Waals surface area contributed by atoms with Crippen molar-refractivity contribution in [1.82, 2.24) is 10.3 Å². The second-order valence-electron chi connectivity index (χ2n) is 3.44. The van der Waals surface area contributed by atoms with Crippen molar-refractivity contribution in [2.45, 2.75) is 8.92 Å². The van der Waals surface area contributed by atoms with E-state index in [2.05, 4.69) is 10.3 Å². The summed E-state index contributed by atoms with van der Waals surface area (Å²) in [5, 5.41) is 2.58. The number of amides is 2. The van der Waals surface area contributed by atoms with E-state index in [1.165, 1.54) is 23.1 Å². The fourth-order valence-electron chi connectivity index (χ4n) is 1.44. The summed E-state index contributed by atoms with van der Waals surface area (Å²) in [6, 6.07) is 5.48. The maximum atomic E-state index is 11.4. The molecule has 1 fully saturated rings. The average Bonchev–Trinajstić information content (AvgIpc) is 2.82. The molecule has 1 aromatic carbocycles. The number of aromatic nitrogens is 1. The highest BCUT2D eigenvalue weighted by Gasteiger charge is 2.33. The van der Waals surface area contributed by atoms with Crippen LogP contribution in [0.15, 0.2) is 22.5 Å². The van der Waals surface area contributed by atoms with Gasteiger partial charge in [-0.25, -0.2) is 4.98 Å². The van der Waals surface area contributed by atoms with Gasteiger partial charge >= 0.3 is 0 Å². The first kappa shape index (κ1) is 12.3. The number of benzene rings is 1. The standard InChI is InChI=1S/C10H5ClN2O2S3/c11-4-1-2-6-5(3-4)12-10(16-6)18-8-7(14)13-9(15)17-8/h1-3,8H,(H,13,14,15). The number of thiazole rings is 1. The molecule has 2 amide bonds. The first-order valence-corrected chi connectivity index (χ1v) is 7.81. The Kier molecular flexibility index (Phi) is 3.23. The molecule has 3 rings (SSSR count). The largest absolute Gasteiger partial charge is 0.287 e. The molecule has 1 saturated heterocycles. The van der Waals surface area contributed by atoms with Crippen LogP contribution in [0.2, 0.25) is 5.02 Å². The molecule has 0 saturated carbocycles. The number of carbonyl (C=O) groups is 2. The lowest BCUT2D eigenvalue weighted by Gasteiger charge is -1.99. The number of carbonyl (C=O) groups excluding carboxylic acids is 2. The van der Waals surface area contributed by atoms with Crippen LogP contribution in [0.5, 0.6) is 0 Å². The smallest absolute Gasteiger partial charge is 0.285 e. The maximum absolute atomic E-state index is 11.4. The number of nitrogens with zero attached hydrogens (tertiary/aromatic N) is 1. The predicted octanol–water partition coefficient (Wildman–Crippen LogP) is 3.35. The van der Waals surface area contributed by atoms with Gasteiger partial charge in [0.15, 0.2) is 4.34 Å². The number of thioether (sulfide) groups is 2. The van der Waals surface area contributed by atoms with E-state index in [1.807, 2.05) is 6.07 Å². The number of fused-ring (bicyclic) bond motifs is 1. The molecule has 1 N–H and O–H groups in total. The lowest BCUT2D eigenvalue weighted by molar-refractivity contribution is -0.117. The normalized spacial score (nSPS) is 19.5. The minimum Gasteiger partial charge on any atom is -0.285 e. The summed E-state index contributed by atoms with van der Waals surface area (Å²) >= 11 is 9.64. The second-order valence-corrected chi connectivity index (χ2v) is 7.63. The molecule has 1 aromatic heterocycles. The Morgan fingerprint density at radius 3 is 2.94 bits per heavy atom. The summed E-state index contributed by atoms with van der Waals surface area (Å²) < 4.78 is 1.32. The number of halogens is 1. The first-order chi connectivity index (χ1) is 8.61. The van der Waals surface area contributed by atoms with Crippen LogP contribution in [0.4, 0.5) is 4.79 Å². The Morgan fingerprint density at radius 1 is 1.39 bits per heavy atom. The Hall–Kier alpha value is -0.760. The minimum atomic E-state index is -0.450. The summed E-state index contributed by atoms with van der Waals surface area (Å²) in [5.41, 5.74) is 0.810. The van der Waals surface area contributed by atoms with Gasteiger partial charge in [0, 0.05) is 5.02 Å². The third-order valence-corrected chi connectivity index (χ3v) is 5.84. The van der Waals surface area contributed by atoms with Crippen LogP contribution in [0.25, 0.3) is 10.2 Å². The van der Waals surface area contributed by atoms with Gasteiger partial charge in [-0.15, -0.1) is 11.3 Å². The van der Waals surface area contributed by atoms with Gasteiger partial charge in [-0.1, -0.05) is 23.4 Å². The number of rotatable bonds is 2. The molecule has 1 aliphatic heterocycles. The fourth-order valence-corrected chi connectivity index (χ4v) is 4.96. The third kappa shape index (κ3) is 2.35. The van der Waals surface area contributed by atoms with Crippen molar-refractivity contribution in [2.75, 3.05) is 0 Å². The monoisotopic (exact) mass is 316 g/mol. The third-order valence-electron chi connectivity index (χ3n) is 2.19. The molecule has 0 bridgehead atoms. The molecule has 0 spiro atoms. The lowest BCUT2D eigenvalue weighted by Crippen LogP contribution is -2.22. The molecule has 8 heteroatoms. The van der Waals surface area contributed by atoms with Gasteiger partial charge in [0.05, 0.1) is 10.2 Å². The topological polar surface area (TPSA) is 59.1 Å². The quantitative estimate of drug-likeness (QED) is 0.920. The van der Waals surface area contributed by atoms with Crippen LogP contribution in [0, 0.1) is 0 Å². The number of hydrogen-bond acceptors (Lipinski definition) is 6. The van der Waals surface area contributed by atoms with E-state index in [9.17, 15) is 9.59 Å². The molecular formula is C10H5ClN2O2S3. The zero-order valence-corrected chi connectivity index (χ0v) is 11.9. The maximum Gasteiger partial charge on any atom is 0.287 e. The summed E-state index contributed by atoms with van der Waals surface area (Å²) in [7, 11) is 0. The number of imide groups is 1. The zero-order valence-electron chi connectivity index (χ0n) is 8.68. The van der Waals surface area contributed by atoms with Crippen molar-refractivity contribution in [3.8, 4) is 0 Å². The average molecular weight is 317 g/mol. The molecule has 1 aliphatic rings. The Labute approximate surface area is 119 Å². The summed E-state index contributed by atoms with van der Waals surface area (Å²) in [6.45, 7) is 0. The Balaban J connectivity index is 1.87. The van der Waals surface area contributed by atoms with Crippen LogP contribution in [0.1, 0.15) is 0 Å². The van der Waals surface area contributed by atoms with Crippen molar-refractivity contribution in [2.24, 2.45) is 0 Å². The molecule has 0 aliphatic carbocycles. The summed E-state index contributed by atoms with van der Waals surface area (Å²) in [4.78, 5) is 26.9. The van der Waals surface area contributed by atoms with E-state index in [-0.39, 0.29) is 11.1 Å². The van der Waals surface area contributed by atoms with E-state index < -0.39 is 4.58 Å². The fraction of sp³-hybridized carbons (Fsp3) is 0.100. The van der Waals surface area contributed by atoms with Gasteiger partial charge in [-0.2, -0.15) is 0 Å². The van der Waals surface area contributed by atoms with Crippen LogP contribution >= 0.6 is 46.5 Å². The molecule has 2 heterocycles. The first-order valence-electron chi connectivity index (χ1n) is 4.86. The van der Waals surface area contributed by atoms with Gasteiger partial charge in [-0.3, -0.25) is 14.9 Å². The Bertz CT molecular complexity index is 658. The van der Waals surface area contributed by atoms with Crippen molar-refractivity contribution < 1.29 is 9.59 Å². The molecule has 4 nitrogen and oxygen atoms in total. The van der Waals surface area contributed by atoms with Crippen LogP contribution < -0.4 is 5.32 Å². The molecular weight excluding hydrogens is 312 g/mol. The predicted molar refractivity (Wildman–Crippen MR) is 75.4 cm³/mol. The van der Waals surface area contributed by atoms with E-state index in [0.29, 0.717) is 5.02 Å². The highest BCUT2D eigenvalue weighted by atomic mass is 35.5.